The molecule has 0 saturated heterocycles. The molecule has 0 aromatic carbocycles. The third-order valence-corrected chi connectivity index (χ3v) is 2.89. The molecular weight excluding hydrogens is 263 g/mol. The highest BCUT2D eigenvalue weighted by Crippen LogP contribution is 2.30. The molecule has 0 atom stereocenters. The lowest BCUT2D eigenvalue weighted by Crippen LogP contribution is -2.35. The standard InChI is InChI=1S/C11H18F3N3S/c1-10(2,3)15-8-9-4-5-16-17(9)6-7-18-11(12,13)14/h4-5,15H,6-8H2,1-3H3. The summed E-state index contributed by atoms with van der Waals surface area (Å²) in [7, 11) is 0. The van der Waals surface area contributed by atoms with Crippen LogP contribution < -0.4 is 5.32 Å². The molecule has 0 unspecified atom stereocenters. The number of hydrogen-bond acceptors (Lipinski definition) is 3. The molecule has 0 aliphatic carbocycles. The zero-order valence-electron chi connectivity index (χ0n) is 10.7. The van der Waals surface area contributed by atoms with Gasteiger partial charge in [0.25, 0.3) is 0 Å². The van der Waals surface area contributed by atoms with Gasteiger partial charge in [0.2, 0.25) is 0 Å². The van der Waals surface area contributed by atoms with Crippen molar-refractivity contribution in [3.05, 3.63) is 18.0 Å². The Hall–Kier alpha value is -0.690. The molecule has 3 nitrogen and oxygen atoms in total. The molecule has 0 fully saturated rings. The smallest absolute Gasteiger partial charge is 0.306 e. The van der Waals surface area contributed by atoms with E-state index in [-0.39, 0.29) is 29.6 Å². The largest absolute Gasteiger partial charge is 0.441 e. The first-order valence-electron chi connectivity index (χ1n) is 5.64. The lowest BCUT2D eigenvalue weighted by Gasteiger charge is -2.20. The summed E-state index contributed by atoms with van der Waals surface area (Å²) >= 11 is -0.0171. The molecule has 0 saturated carbocycles. The van der Waals surface area contributed by atoms with Crippen molar-refractivity contribution < 1.29 is 13.2 Å². The van der Waals surface area contributed by atoms with Gasteiger partial charge < -0.3 is 5.32 Å². The molecule has 0 bridgehead atoms. The fraction of sp³-hybridized carbons (Fsp3) is 0.727. The minimum Gasteiger partial charge on any atom is -0.306 e. The van der Waals surface area contributed by atoms with Crippen molar-refractivity contribution in [2.75, 3.05) is 5.75 Å². The minimum absolute atomic E-state index is 0.0171. The molecule has 1 rings (SSSR count). The van der Waals surface area contributed by atoms with E-state index in [4.69, 9.17) is 0 Å². The molecular formula is C11H18F3N3S. The maximum absolute atomic E-state index is 12.0. The summed E-state index contributed by atoms with van der Waals surface area (Å²) in [6, 6.07) is 1.82. The van der Waals surface area contributed by atoms with Crippen molar-refractivity contribution in [2.45, 2.75) is 44.9 Å². The van der Waals surface area contributed by atoms with Gasteiger partial charge in [-0.1, -0.05) is 0 Å². The zero-order chi connectivity index (χ0) is 13.8. The summed E-state index contributed by atoms with van der Waals surface area (Å²) < 4.78 is 37.6. The number of alkyl halides is 3. The van der Waals surface area contributed by atoms with Crippen molar-refractivity contribution in [1.29, 1.82) is 0 Å². The van der Waals surface area contributed by atoms with E-state index < -0.39 is 5.51 Å². The van der Waals surface area contributed by atoms with Crippen LogP contribution >= 0.6 is 11.8 Å². The van der Waals surface area contributed by atoms with Gasteiger partial charge in [-0.15, -0.1) is 0 Å². The van der Waals surface area contributed by atoms with E-state index in [0.29, 0.717) is 6.54 Å². The Morgan fingerprint density at radius 2 is 2.00 bits per heavy atom. The molecule has 0 aliphatic rings. The van der Waals surface area contributed by atoms with E-state index in [2.05, 4.69) is 10.4 Å². The lowest BCUT2D eigenvalue weighted by atomic mass is 10.1. The van der Waals surface area contributed by atoms with Crippen LogP contribution in [0.4, 0.5) is 13.2 Å². The van der Waals surface area contributed by atoms with E-state index in [9.17, 15) is 13.2 Å². The van der Waals surface area contributed by atoms with Crippen LogP contribution in [0.15, 0.2) is 12.3 Å². The molecule has 18 heavy (non-hydrogen) atoms. The Labute approximate surface area is 109 Å². The van der Waals surface area contributed by atoms with Crippen LogP contribution in [-0.2, 0) is 13.1 Å². The second-order valence-corrected chi connectivity index (χ2v) is 6.10. The van der Waals surface area contributed by atoms with E-state index in [1.165, 1.54) is 0 Å². The summed E-state index contributed by atoms with van der Waals surface area (Å²) in [6.07, 6.45) is 1.61. The summed E-state index contributed by atoms with van der Waals surface area (Å²) in [5, 5.41) is 7.31. The van der Waals surface area contributed by atoms with Crippen molar-refractivity contribution in [3.63, 3.8) is 0 Å². The van der Waals surface area contributed by atoms with Crippen LogP contribution in [0.3, 0.4) is 0 Å². The van der Waals surface area contributed by atoms with Gasteiger partial charge in [-0.05, 0) is 38.6 Å². The van der Waals surface area contributed by atoms with E-state index in [0.717, 1.165) is 5.69 Å². The monoisotopic (exact) mass is 281 g/mol. The highest BCUT2D eigenvalue weighted by molar-refractivity contribution is 8.00. The molecule has 0 aliphatic heterocycles. The molecule has 104 valence electrons. The second-order valence-electron chi connectivity index (χ2n) is 4.94. The number of nitrogens with zero attached hydrogens (tertiary/aromatic N) is 2. The average Bonchev–Trinajstić information content (AvgIpc) is 2.59. The molecule has 0 radical (unpaired) electrons. The Bertz CT molecular complexity index is 368. The first-order chi connectivity index (χ1) is 8.17. The van der Waals surface area contributed by atoms with Crippen LogP contribution in [0.1, 0.15) is 26.5 Å². The van der Waals surface area contributed by atoms with Crippen molar-refractivity contribution >= 4 is 11.8 Å². The van der Waals surface area contributed by atoms with Crippen molar-refractivity contribution in [2.24, 2.45) is 0 Å². The highest BCUT2D eigenvalue weighted by Gasteiger charge is 2.27. The van der Waals surface area contributed by atoms with Gasteiger partial charge >= 0.3 is 5.51 Å². The average molecular weight is 281 g/mol. The fourth-order valence-corrected chi connectivity index (χ4v) is 1.81. The van der Waals surface area contributed by atoms with Gasteiger partial charge in [-0.3, -0.25) is 4.68 Å². The van der Waals surface area contributed by atoms with Gasteiger partial charge in [0.1, 0.15) is 0 Å². The van der Waals surface area contributed by atoms with Gasteiger partial charge in [0, 0.05) is 24.0 Å². The molecule has 1 aromatic heterocycles. The van der Waals surface area contributed by atoms with Crippen LogP contribution in [-0.4, -0.2) is 26.6 Å². The predicted octanol–water partition coefficient (Wildman–Crippen LogP) is 3.02. The second kappa shape index (κ2) is 5.97. The molecule has 1 aromatic rings. The topological polar surface area (TPSA) is 29.9 Å². The van der Waals surface area contributed by atoms with E-state index in [1.54, 1.807) is 10.9 Å². The Morgan fingerprint density at radius 3 is 2.56 bits per heavy atom. The highest BCUT2D eigenvalue weighted by atomic mass is 32.2. The summed E-state index contributed by atoms with van der Waals surface area (Å²) in [5.41, 5.74) is -3.31. The zero-order valence-corrected chi connectivity index (χ0v) is 11.5. The maximum Gasteiger partial charge on any atom is 0.441 e. The van der Waals surface area contributed by atoms with Crippen molar-refractivity contribution in [1.82, 2.24) is 15.1 Å². The van der Waals surface area contributed by atoms with Crippen LogP contribution in [0.5, 0.6) is 0 Å². The first-order valence-corrected chi connectivity index (χ1v) is 6.62. The third kappa shape index (κ3) is 6.30. The number of aromatic nitrogens is 2. The summed E-state index contributed by atoms with van der Waals surface area (Å²) in [6.45, 7) is 6.96. The molecule has 0 spiro atoms. The lowest BCUT2D eigenvalue weighted by molar-refractivity contribution is -0.0328. The van der Waals surface area contributed by atoms with E-state index in [1.807, 2.05) is 26.8 Å². The Kier molecular flexibility index (Phi) is 5.10. The quantitative estimate of drug-likeness (QED) is 0.899. The number of thioether (sulfide) groups is 1. The van der Waals surface area contributed by atoms with Crippen LogP contribution in [0, 0.1) is 0 Å². The summed E-state index contributed by atoms with van der Waals surface area (Å²) in [5.74, 6) is -0.0201. The van der Waals surface area contributed by atoms with Gasteiger partial charge in [-0.25, -0.2) is 0 Å². The molecule has 1 N–H and O–H groups in total. The number of aryl methyl sites for hydroxylation is 1. The first kappa shape index (κ1) is 15.4. The van der Waals surface area contributed by atoms with Crippen molar-refractivity contribution in [3.8, 4) is 0 Å². The number of halogens is 3. The van der Waals surface area contributed by atoms with E-state index >= 15 is 0 Å². The molecule has 1 heterocycles. The third-order valence-electron chi connectivity index (χ3n) is 2.17. The fourth-order valence-electron chi connectivity index (χ4n) is 1.32. The van der Waals surface area contributed by atoms with Gasteiger partial charge in [0.15, 0.2) is 0 Å². The molecule has 0 amide bonds. The van der Waals surface area contributed by atoms with Gasteiger partial charge in [0.05, 0.1) is 12.2 Å². The molecule has 7 heteroatoms. The normalized spacial score (nSPS) is 13.0. The summed E-state index contributed by atoms with van der Waals surface area (Å²) in [4.78, 5) is 0. The Morgan fingerprint density at radius 1 is 1.33 bits per heavy atom. The SMILES string of the molecule is CC(C)(C)NCc1ccnn1CCSC(F)(F)F. The minimum atomic E-state index is -4.17. The number of nitrogens with one attached hydrogen (secondary N) is 1. The number of rotatable bonds is 5. The number of hydrogen-bond donors (Lipinski definition) is 1. The maximum atomic E-state index is 12.0. The predicted molar refractivity (Wildman–Crippen MR) is 67.3 cm³/mol. The van der Waals surface area contributed by atoms with Crippen LogP contribution in [0.2, 0.25) is 0 Å². The van der Waals surface area contributed by atoms with Gasteiger partial charge in [-0.2, -0.15) is 18.3 Å². The Balaban J connectivity index is 2.45. The van der Waals surface area contributed by atoms with Crippen LogP contribution in [0.25, 0.3) is 0 Å².